The third-order valence-corrected chi connectivity index (χ3v) is 10.5. The molecule has 0 saturated heterocycles. The summed E-state index contributed by atoms with van der Waals surface area (Å²) in [7, 11) is 0. The van der Waals surface area contributed by atoms with Gasteiger partial charge in [-0.05, 0) is 51.9 Å². The summed E-state index contributed by atoms with van der Waals surface area (Å²) in [6.07, 6.45) is 0. The van der Waals surface area contributed by atoms with Gasteiger partial charge in [0.2, 0.25) is 0 Å². The first-order valence-electron chi connectivity index (χ1n) is 16.3. The highest BCUT2D eigenvalue weighted by atomic mass is 32.1. The second kappa shape index (κ2) is 11.2. The fourth-order valence-electron chi connectivity index (χ4n) is 6.91. The van der Waals surface area contributed by atoms with Crippen molar-refractivity contribution in [2.24, 2.45) is 0 Å². The van der Waals surface area contributed by atoms with E-state index in [1.54, 1.807) is 0 Å². The lowest BCUT2D eigenvalue weighted by Crippen LogP contribution is -2.00. The Bertz CT molecular complexity index is 2880. The molecule has 0 N–H and O–H groups in total. The van der Waals surface area contributed by atoms with Gasteiger partial charge in [0.1, 0.15) is 0 Å². The molecule has 4 nitrogen and oxygen atoms in total. The molecular weight excluding hydrogens is 617 g/mol. The predicted octanol–water partition coefficient (Wildman–Crippen LogP) is 11.8. The van der Waals surface area contributed by atoms with E-state index < -0.39 is 0 Å². The molecule has 0 atom stereocenters. The van der Waals surface area contributed by atoms with Crippen LogP contribution < -0.4 is 0 Å². The van der Waals surface area contributed by atoms with Crippen molar-refractivity contribution in [1.82, 2.24) is 19.9 Å². The first-order valence-corrected chi connectivity index (χ1v) is 17.1. The summed E-state index contributed by atoms with van der Waals surface area (Å²) >= 11 is 1.81. The Hall–Kier alpha value is -6.30. The second-order valence-electron chi connectivity index (χ2n) is 12.3. The molecule has 0 unspecified atom stereocenters. The van der Waals surface area contributed by atoms with Crippen LogP contribution in [0.4, 0.5) is 0 Å². The predicted molar refractivity (Wildman–Crippen MR) is 205 cm³/mol. The summed E-state index contributed by atoms with van der Waals surface area (Å²) < 4.78 is 2.44. The van der Waals surface area contributed by atoms with Crippen molar-refractivity contribution in [3.8, 4) is 45.4 Å². The zero-order valence-electron chi connectivity index (χ0n) is 26.2. The number of nitrogens with zero attached hydrogens (tertiary/aromatic N) is 4. The molecule has 0 bridgehead atoms. The fraction of sp³-hybridized carbons (Fsp3) is 0. The third kappa shape index (κ3) is 4.66. The SMILES string of the molecule is c1ccc(-c2nc(-c3ccc4c(ccc5ccccc54)c3)nc(-c3ccc4sc5c6ccccc6nc(-c6ccccc6)c5c4c3)n2)cc1. The van der Waals surface area contributed by atoms with Gasteiger partial charge in [-0.15, -0.1) is 11.3 Å². The molecule has 0 radical (unpaired) electrons. The van der Waals surface area contributed by atoms with Crippen LogP contribution in [0.5, 0.6) is 0 Å². The van der Waals surface area contributed by atoms with Gasteiger partial charge in [0, 0.05) is 47.8 Å². The topological polar surface area (TPSA) is 51.6 Å². The summed E-state index contributed by atoms with van der Waals surface area (Å²) in [6, 6.07) is 55.0. The van der Waals surface area contributed by atoms with Crippen LogP contribution >= 0.6 is 11.3 Å². The number of aromatic nitrogens is 4. The van der Waals surface area contributed by atoms with E-state index in [0.717, 1.165) is 55.0 Å². The van der Waals surface area contributed by atoms with Crippen LogP contribution in [0.25, 0.3) is 98.0 Å². The van der Waals surface area contributed by atoms with Crippen LogP contribution in [0.3, 0.4) is 0 Å². The zero-order chi connectivity index (χ0) is 32.3. The molecular formula is C44H26N4S. The average molecular weight is 643 g/mol. The van der Waals surface area contributed by atoms with E-state index in [2.05, 4.69) is 121 Å². The largest absolute Gasteiger partial charge is 0.247 e. The molecule has 0 saturated carbocycles. The van der Waals surface area contributed by atoms with Crippen LogP contribution in [-0.2, 0) is 0 Å². The number of rotatable bonds is 4. The van der Waals surface area contributed by atoms with Crippen molar-refractivity contribution in [2.75, 3.05) is 0 Å². The van der Waals surface area contributed by atoms with E-state index in [0.29, 0.717) is 17.5 Å². The lowest BCUT2D eigenvalue weighted by Gasteiger charge is -2.10. The molecule has 3 heterocycles. The summed E-state index contributed by atoms with van der Waals surface area (Å²) in [5.41, 5.74) is 5.92. The number of pyridine rings is 1. The summed E-state index contributed by atoms with van der Waals surface area (Å²) in [5, 5.41) is 8.30. The van der Waals surface area contributed by atoms with Gasteiger partial charge in [0.25, 0.3) is 0 Å². The van der Waals surface area contributed by atoms with Crippen LogP contribution in [0.2, 0.25) is 0 Å². The van der Waals surface area contributed by atoms with E-state index in [4.69, 9.17) is 19.9 Å². The summed E-state index contributed by atoms with van der Waals surface area (Å²) in [4.78, 5) is 20.4. The van der Waals surface area contributed by atoms with Gasteiger partial charge in [-0.2, -0.15) is 0 Å². The van der Waals surface area contributed by atoms with Crippen LogP contribution in [0, 0.1) is 0 Å². The van der Waals surface area contributed by atoms with E-state index >= 15 is 0 Å². The molecule has 10 rings (SSSR count). The molecule has 10 aromatic rings. The quantitative estimate of drug-likeness (QED) is 0.179. The Balaban J connectivity index is 1.20. The lowest BCUT2D eigenvalue weighted by molar-refractivity contribution is 1.08. The lowest BCUT2D eigenvalue weighted by atomic mass is 10.00. The van der Waals surface area contributed by atoms with Crippen molar-refractivity contribution in [1.29, 1.82) is 0 Å². The van der Waals surface area contributed by atoms with Crippen LogP contribution in [0.15, 0.2) is 158 Å². The molecule has 0 fully saturated rings. The Morgan fingerprint density at radius 2 is 0.959 bits per heavy atom. The average Bonchev–Trinajstić information content (AvgIpc) is 3.57. The first-order chi connectivity index (χ1) is 24.3. The van der Waals surface area contributed by atoms with Crippen molar-refractivity contribution in [3.63, 3.8) is 0 Å². The second-order valence-corrected chi connectivity index (χ2v) is 13.3. The number of thiophene rings is 1. The minimum atomic E-state index is 0.638. The third-order valence-electron chi connectivity index (χ3n) is 9.28. The van der Waals surface area contributed by atoms with Gasteiger partial charge >= 0.3 is 0 Å². The van der Waals surface area contributed by atoms with Gasteiger partial charge < -0.3 is 0 Å². The minimum absolute atomic E-state index is 0.638. The minimum Gasteiger partial charge on any atom is -0.247 e. The number of para-hydroxylation sites is 1. The highest BCUT2D eigenvalue weighted by Gasteiger charge is 2.19. The van der Waals surface area contributed by atoms with E-state index in [-0.39, 0.29) is 0 Å². The van der Waals surface area contributed by atoms with E-state index in [1.165, 1.54) is 25.6 Å². The monoisotopic (exact) mass is 642 g/mol. The first kappa shape index (κ1) is 27.8. The van der Waals surface area contributed by atoms with Crippen molar-refractivity contribution in [3.05, 3.63) is 158 Å². The molecule has 5 heteroatoms. The highest BCUT2D eigenvalue weighted by Crippen LogP contribution is 2.44. The number of benzene rings is 7. The molecule has 7 aromatic carbocycles. The molecule has 3 aromatic heterocycles. The molecule has 0 amide bonds. The smallest absolute Gasteiger partial charge is 0.164 e. The standard InChI is InChI=1S/C44H26N4S/c1-3-12-28(13-4-1)40-39-36-26-32(22-24-38(36)49-41(39)35-17-9-10-18-37(35)45-40)44-47-42(29-14-5-2-6-15-29)46-43(48-44)31-21-23-34-30(25-31)20-19-27-11-7-8-16-33(27)34/h1-26H. The number of fused-ring (bicyclic) bond motifs is 8. The van der Waals surface area contributed by atoms with E-state index in [1.807, 2.05) is 47.7 Å². The highest BCUT2D eigenvalue weighted by molar-refractivity contribution is 7.26. The molecule has 0 aliphatic carbocycles. The summed E-state index contributed by atoms with van der Waals surface area (Å²) in [5.74, 6) is 1.93. The van der Waals surface area contributed by atoms with Gasteiger partial charge in [0.15, 0.2) is 17.5 Å². The van der Waals surface area contributed by atoms with Gasteiger partial charge in [-0.1, -0.05) is 127 Å². The Kier molecular flexibility index (Phi) is 6.32. The van der Waals surface area contributed by atoms with E-state index in [9.17, 15) is 0 Å². The molecule has 49 heavy (non-hydrogen) atoms. The molecule has 0 aliphatic rings. The van der Waals surface area contributed by atoms with Crippen molar-refractivity contribution in [2.45, 2.75) is 0 Å². The van der Waals surface area contributed by atoms with Crippen LogP contribution in [-0.4, -0.2) is 19.9 Å². The van der Waals surface area contributed by atoms with Gasteiger partial charge in [-0.25, -0.2) is 19.9 Å². The van der Waals surface area contributed by atoms with Crippen molar-refractivity contribution >= 4 is 64.0 Å². The Labute approximate surface area is 286 Å². The maximum Gasteiger partial charge on any atom is 0.164 e. The van der Waals surface area contributed by atoms with Crippen LogP contribution in [0.1, 0.15) is 0 Å². The van der Waals surface area contributed by atoms with Gasteiger partial charge in [0.05, 0.1) is 11.2 Å². The fourth-order valence-corrected chi connectivity index (χ4v) is 8.13. The van der Waals surface area contributed by atoms with Crippen molar-refractivity contribution < 1.29 is 0 Å². The Morgan fingerprint density at radius 1 is 0.367 bits per heavy atom. The Morgan fingerprint density at radius 3 is 1.76 bits per heavy atom. The zero-order valence-corrected chi connectivity index (χ0v) is 27.0. The number of hydrogen-bond donors (Lipinski definition) is 0. The maximum atomic E-state index is 5.22. The normalized spacial score (nSPS) is 11.7. The molecule has 0 spiro atoms. The summed E-state index contributed by atoms with van der Waals surface area (Å²) in [6.45, 7) is 0. The number of hydrogen-bond acceptors (Lipinski definition) is 5. The maximum absolute atomic E-state index is 5.22. The molecule has 0 aliphatic heterocycles. The van der Waals surface area contributed by atoms with Gasteiger partial charge in [-0.3, -0.25) is 0 Å². The molecule has 228 valence electrons.